The summed E-state index contributed by atoms with van der Waals surface area (Å²) in [7, 11) is 0. The molecule has 113 valence electrons. The van der Waals surface area contributed by atoms with Gasteiger partial charge in [-0.3, -0.25) is 0 Å². The van der Waals surface area contributed by atoms with Crippen molar-refractivity contribution in [1.82, 2.24) is 0 Å². The van der Waals surface area contributed by atoms with Crippen molar-refractivity contribution in [2.24, 2.45) is 23.1 Å². The van der Waals surface area contributed by atoms with Crippen LogP contribution < -0.4 is 5.90 Å². The third kappa shape index (κ3) is 16.6. The first kappa shape index (κ1) is 24.7. The monoisotopic (exact) mass is 346 g/mol. The van der Waals surface area contributed by atoms with Gasteiger partial charge in [0.05, 0.1) is 6.61 Å². The third-order valence-electron chi connectivity index (χ3n) is 2.38. The molecule has 0 aliphatic heterocycles. The average Bonchev–Trinajstić information content (AvgIpc) is 2.23. The Hall–Kier alpha value is 0.694. The number of Topliss-reactive ketones (excluding diaryl/α,β-unsaturated/α-hetero) is 1. The number of carbonyl (C=O) groups is 1. The predicted molar refractivity (Wildman–Crippen MR) is 77.5 cm³/mol. The zero-order valence-electron chi connectivity index (χ0n) is 13.4. The molecule has 0 bridgehead atoms. The largest absolute Gasteiger partial charge is 0.343 e. The van der Waals surface area contributed by atoms with Crippen LogP contribution in [0.25, 0.3) is 0 Å². The second kappa shape index (κ2) is 13.7. The van der Waals surface area contributed by atoms with Gasteiger partial charge in [-0.15, -0.1) is 5.92 Å². The van der Waals surface area contributed by atoms with Gasteiger partial charge in [0, 0.05) is 38.1 Å². The molecule has 1 unspecified atom stereocenters. The van der Waals surface area contributed by atoms with Crippen molar-refractivity contribution < 1.29 is 42.3 Å². The Morgan fingerprint density at radius 2 is 1.79 bits per heavy atom. The van der Waals surface area contributed by atoms with Crippen LogP contribution in [0.5, 0.6) is 0 Å². The van der Waals surface area contributed by atoms with E-state index in [1.165, 1.54) is 0 Å². The standard InChI is InChI=1S/C11H21O.C4H10NO.Y/c1-8(2)7-9(3)10(12)11(4,5)6;1-2-3-4-6-5;/h8-9H,3,7H2,1-2,4-6H3;1-5H2;/q2*-1;. The van der Waals surface area contributed by atoms with Gasteiger partial charge in [-0.1, -0.05) is 47.5 Å². The quantitative estimate of drug-likeness (QED) is 0.454. The second-order valence-corrected chi connectivity index (χ2v) is 6.02. The van der Waals surface area contributed by atoms with E-state index >= 15 is 0 Å². The van der Waals surface area contributed by atoms with Gasteiger partial charge in [0.25, 0.3) is 0 Å². The van der Waals surface area contributed by atoms with Gasteiger partial charge in [-0.05, 0) is 5.92 Å². The first-order chi connectivity index (χ1) is 8.16. The maximum Gasteiger partial charge on any atom is 0.111 e. The molecule has 0 fully saturated rings. The number of carbonyl (C=O) groups excluding carboxylic acids is 1. The zero-order chi connectivity index (χ0) is 14.8. The molecule has 0 aromatic carbocycles. The Bertz CT molecular complexity index is 209. The van der Waals surface area contributed by atoms with Gasteiger partial charge < -0.3 is 23.5 Å². The summed E-state index contributed by atoms with van der Waals surface area (Å²) in [6.07, 6.45) is 2.75. The van der Waals surface area contributed by atoms with Crippen LogP contribution in [-0.4, -0.2) is 12.4 Å². The Labute approximate surface area is 145 Å². The van der Waals surface area contributed by atoms with E-state index in [-0.39, 0.29) is 49.8 Å². The molecule has 0 aliphatic carbocycles. The summed E-state index contributed by atoms with van der Waals surface area (Å²) in [4.78, 5) is 15.9. The van der Waals surface area contributed by atoms with Crippen molar-refractivity contribution in [2.75, 3.05) is 6.61 Å². The van der Waals surface area contributed by atoms with Crippen molar-refractivity contribution in [2.45, 2.75) is 53.9 Å². The fourth-order valence-electron chi connectivity index (χ4n) is 1.47. The summed E-state index contributed by atoms with van der Waals surface area (Å²) in [5, 5.41) is 0. The minimum Gasteiger partial charge on any atom is -0.343 e. The predicted octanol–water partition coefficient (Wildman–Crippen LogP) is 3.59. The summed E-state index contributed by atoms with van der Waals surface area (Å²) >= 11 is 0. The van der Waals surface area contributed by atoms with Gasteiger partial charge in [0.2, 0.25) is 0 Å². The molecule has 0 spiro atoms. The Balaban J connectivity index is -0.000000313. The van der Waals surface area contributed by atoms with Crippen molar-refractivity contribution >= 4 is 5.78 Å². The van der Waals surface area contributed by atoms with E-state index in [2.05, 4.69) is 38.4 Å². The summed E-state index contributed by atoms with van der Waals surface area (Å²) < 4.78 is 0. The smallest absolute Gasteiger partial charge is 0.111 e. The van der Waals surface area contributed by atoms with Crippen LogP contribution in [-0.2, 0) is 42.3 Å². The topological polar surface area (TPSA) is 52.3 Å². The Morgan fingerprint density at radius 1 is 1.32 bits per heavy atom. The van der Waals surface area contributed by atoms with E-state index < -0.39 is 0 Å². The van der Waals surface area contributed by atoms with Crippen LogP contribution in [0.4, 0.5) is 0 Å². The molecule has 0 aromatic heterocycles. The SMILES string of the molecule is [CH2-]C(CC(C)C)C(=O)C(C)(C)C.[CH2-]CCCON.[Y]. The van der Waals surface area contributed by atoms with Crippen molar-refractivity contribution in [3.8, 4) is 0 Å². The molecule has 0 aliphatic rings. The number of ketones is 1. The summed E-state index contributed by atoms with van der Waals surface area (Å²) in [5.41, 5.74) is -0.235. The van der Waals surface area contributed by atoms with Gasteiger partial charge in [-0.25, -0.2) is 5.90 Å². The fraction of sp³-hybridized carbons (Fsp3) is 0.800. The van der Waals surface area contributed by atoms with E-state index in [9.17, 15) is 4.79 Å². The molecular weight excluding hydrogens is 315 g/mol. The maximum atomic E-state index is 11.6. The molecule has 0 rings (SSSR count). The Kier molecular flexibility index (Phi) is 17.8. The minimum atomic E-state index is -0.235. The molecule has 4 heteroatoms. The van der Waals surface area contributed by atoms with Crippen LogP contribution in [0.1, 0.15) is 53.9 Å². The van der Waals surface area contributed by atoms with Crippen LogP contribution in [0.15, 0.2) is 0 Å². The molecule has 3 nitrogen and oxygen atoms in total. The van der Waals surface area contributed by atoms with Gasteiger partial charge in [0.15, 0.2) is 0 Å². The number of nitrogens with two attached hydrogens (primary N) is 1. The summed E-state index contributed by atoms with van der Waals surface area (Å²) in [6, 6.07) is 0. The first-order valence-electron chi connectivity index (χ1n) is 6.65. The first-order valence-corrected chi connectivity index (χ1v) is 6.65. The molecule has 0 saturated heterocycles. The van der Waals surface area contributed by atoms with Crippen LogP contribution in [0.3, 0.4) is 0 Å². The van der Waals surface area contributed by atoms with E-state index in [1.807, 2.05) is 20.8 Å². The molecule has 0 heterocycles. The zero-order valence-corrected chi connectivity index (χ0v) is 16.2. The Morgan fingerprint density at radius 3 is 2.00 bits per heavy atom. The molecular formula is C15H31NO2Y-2. The van der Waals surface area contributed by atoms with E-state index in [4.69, 9.17) is 0 Å². The number of hydrogen-bond donors (Lipinski definition) is 1. The third-order valence-corrected chi connectivity index (χ3v) is 2.38. The van der Waals surface area contributed by atoms with Crippen LogP contribution >= 0.6 is 0 Å². The van der Waals surface area contributed by atoms with Crippen LogP contribution in [0, 0.1) is 31.1 Å². The molecule has 2 N–H and O–H groups in total. The molecule has 0 saturated carbocycles. The van der Waals surface area contributed by atoms with E-state index in [0.717, 1.165) is 19.3 Å². The normalized spacial score (nSPS) is 12.3. The molecule has 1 radical (unpaired) electrons. The number of hydrogen-bond acceptors (Lipinski definition) is 3. The van der Waals surface area contributed by atoms with Crippen molar-refractivity contribution in [3.63, 3.8) is 0 Å². The number of rotatable bonds is 6. The molecule has 19 heavy (non-hydrogen) atoms. The summed E-state index contributed by atoms with van der Waals surface area (Å²) in [6.45, 7) is 18.2. The second-order valence-electron chi connectivity index (χ2n) is 6.02. The van der Waals surface area contributed by atoms with Gasteiger partial charge in [-0.2, -0.15) is 6.42 Å². The van der Waals surface area contributed by atoms with E-state index in [1.54, 1.807) is 0 Å². The maximum absolute atomic E-state index is 11.6. The average molecular weight is 346 g/mol. The van der Waals surface area contributed by atoms with Gasteiger partial charge >= 0.3 is 0 Å². The van der Waals surface area contributed by atoms with Crippen LogP contribution in [0.2, 0.25) is 0 Å². The van der Waals surface area contributed by atoms with Crippen molar-refractivity contribution in [3.05, 3.63) is 13.8 Å². The minimum absolute atomic E-state index is 0. The molecule has 0 aromatic rings. The molecule has 1 atom stereocenters. The summed E-state index contributed by atoms with van der Waals surface area (Å²) in [5.74, 6) is 5.48. The molecule has 0 amide bonds. The van der Waals surface area contributed by atoms with E-state index in [0.29, 0.717) is 12.5 Å². The fourth-order valence-corrected chi connectivity index (χ4v) is 1.47. The van der Waals surface area contributed by atoms with Crippen molar-refractivity contribution in [1.29, 1.82) is 0 Å². The number of unbranched alkanes of at least 4 members (excludes halogenated alkanes) is 1. The van der Waals surface area contributed by atoms with Gasteiger partial charge in [0.1, 0.15) is 5.78 Å².